The number of hydrogen-bond acceptors (Lipinski definition) is 2. The summed E-state index contributed by atoms with van der Waals surface area (Å²) in [5.41, 5.74) is 3.59. The third-order valence-corrected chi connectivity index (χ3v) is 4.60. The Kier molecular flexibility index (Phi) is 4.59. The highest BCUT2D eigenvalue weighted by atomic mass is 35.5. The van der Waals surface area contributed by atoms with E-state index in [0.29, 0.717) is 10.7 Å². The molecule has 0 unspecified atom stereocenters. The molecule has 112 valence electrons. The third kappa shape index (κ3) is 3.99. The Bertz CT molecular complexity index is 757. The summed E-state index contributed by atoms with van der Waals surface area (Å²) in [5, 5.41) is 0.599. The van der Waals surface area contributed by atoms with Crippen LogP contribution in [0.4, 0.5) is 5.69 Å². The van der Waals surface area contributed by atoms with Crippen LogP contribution >= 0.6 is 11.6 Å². The van der Waals surface area contributed by atoms with Gasteiger partial charge in [0.15, 0.2) is 0 Å². The van der Waals surface area contributed by atoms with Crippen LogP contribution in [0.25, 0.3) is 0 Å². The Hall–Kier alpha value is -1.52. The van der Waals surface area contributed by atoms with Gasteiger partial charge in [-0.25, -0.2) is 8.42 Å². The molecule has 2 rings (SSSR count). The summed E-state index contributed by atoms with van der Waals surface area (Å²) in [7, 11) is -3.37. The predicted molar refractivity (Wildman–Crippen MR) is 88.4 cm³/mol. The van der Waals surface area contributed by atoms with E-state index in [4.69, 9.17) is 11.6 Å². The lowest BCUT2D eigenvalue weighted by Gasteiger charge is -2.24. The Morgan fingerprint density at radius 1 is 1.10 bits per heavy atom. The molecular weight excluding hydrogens is 306 g/mol. The summed E-state index contributed by atoms with van der Waals surface area (Å²) >= 11 is 5.97. The molecule has 0 heterocycles. The van der Waals surface area contributed by atoms with Crippen molar-refractivity contribution in [3.63, 3.8) is 0 Å². The summed E-state index contributed by atoms with van der Waals surface area (Å²) in [6.45, 7) is 4.17. The van der Waals surface area contributed by atoms with Crippen molar-refractivity contribution in [1.82, 2.24) is 0 Å². The van der Waals surface area contributed by atoms with Crippen LogP contribution in [0.5, 0.6) is 0 Å². The van der Waals surface area contributed by atoms with Gasteiger partial charge >= 0.3 is 0 Å². The summed E-state index contributed by atoms with van der Waals surface area (Å²) in [6.07, 6.45) is 1.22. The molecule has 0 bridgehead atoms. The van der Waals surface area contributed by atoms with Crippen molar-refractivity contribution < 1.29 is 8.42 Å². The number of hydrogen-bond donors (Lipinski definition) is 0. The van der Waals surface area contributed by atoms with E-state index in [-0.39, 0.29) is 6.54 Å². The van der Waals surface area contributed by atoms with Gasteiger partial charge in [0.05, 0.1) is 18.5 Å². The van der Waals surface area contributed by atoms with Gasteiger partial charge in [0.1, 0.15) is 0 Å². The zero-order valence-electron chi connectivity index (χ0n) is 12.3. The van der Waals surface area contributed by atoms with Gasteiger partial charge in [-0.05, 0) is 43.2 Å². The number of halogens is 1. The quantitative estimate of drug-likeness (QED) is 0.855. The summed E-state index contributed by atoms with van der Waals surface area (Å²) < 4.78 is 25.7. The van der Waals surface area contributed by atoms with Crippen molar-refractivity contribution in [2.24, 2.45) is 0 Å². The van der Waals surface area contributed by atoms with Crippen LogP contribution in [0.3, 0.4) is 0 Å². The van der Waals surface area contributed by atoms with E-state index in [1.54, 1.807) is 12.1 Å². The molecule has 0 saturated carbocycles. The standard InChI is InChI=1S/C16H18ClNO2S/c1-12-7-8-16(13(2)9-12)18(21(3,19)20)11-14-5-4-6-15(17)10-14/h4-10H,11H2,1-3H3. The molecule has 0 aliphatic rings. The molecule has 0 saturated heterocycles. The number of anilines is 1. The minimum absolute atomic E-state index is 0.267. The summed E-state index contributed by atoms with van der Waals surface area (Å²) in [4.78, 5) is 0. The molecule has 0 aliphatic carbocycles. The molecule has 0 aromatic heterocycles. The molecule has 3 nitrogen and oxygen atoms in total. The first-order valence-electron chi connectivity index (χ1n) is 6.57. The third-order valence-electron chi connectivity index (χ3n) is 3.24. The molecule has 0 spiro atoms. The van der Waals surface area contributed by atoms with E-state index in [1.165, 1.54) is 10.6 Å². The van der Waals surface area contributed by atoms with Crippen LogP contribution in [0.1, 0.15) is 16.7 Å². The maximum Gasteiger partial charge on any atom is 0.232 e. The first kappa shape index (κ1) is 15.9. The van der Waals surface area contributed by atoms with Crippen LogP contribution in [-0.4, -0.2) is 14.7 Å². The number of sulfonamides is 1. The van der Waals surface area contributed by atoms with Crippen molar-refractivity contribution in [1.29, 1.82) is 0 Å². The number of nitrogens with zero attached hydrogens (tertiary/aromatic N) is 1. The lowest BCUT2D eigenvalue weighted by atomic mass is 10.1. The molecule has 2 aromatic carbocycles. The van der Waals surface area contributed by atoms with Crippen LogP contribution in [0.15, 0.2) is 42.5 Å². The molecular formula is C16H18ClNO2S. The highest BCUT2D eigenvalue weighted by Gasteiger charge is 2.19. The topological polar surface area (TPSA) is 37.4 Å². The molecule has 0 atom stereocenters. The second-order valence-corrected chi connectivity index (χ2v) is 7.53. The van der Waals surface area contributed by atoms with Gasteiger partial charge in [-0.2, -0.15) is 0 Å². The van der Waals surface area contributed by atoms with Crippen molar-refractivity contribution in [2.75, 3.05) is 10.6 Å². The smallest absolute Gasteiger partial charge is 0.232 e. The predicted octanol–water partition coefficient (Wildman–Crippen LogP) is 3.92. The molecule has 2 aromatic rings. The maximum atomic E-state index is 12.2. The van der Waals surface area contributed by atoms with Gasteiger partial charge in [-0.3, -0.25) is 4.31 Å². The second-order valence-electron chi connectivity index (χ2n) is 5.19. The van der Waals surface area contributed by atoms with Crippen molar-refractivity contribution in [3.05, 3.63) is 64.2 Å². The van der Waals surface area contributed by atoms with E-state index in [9.17, 15) is 8.42 Å². The Morgan fingerprint density at radius 2 is 1.81 bits per heavy atom. The van der Waals surface area contributed by atoms with Gasteiger partial charge in [0.25, 0.3) is 0 Å². The first-order valence-corrected chi connectivity index (χ1v) is 8.79. The number of aryl methyl sites for hydroxylation is 2. The average molecular weight is 324 g/mol. The van der Waals surface area contributed by atoms with Crippen LogP contribution < -0.4 is 4.31 Å². The Labute approximate surface area is 131 Å². The summed E-state index contributed by atoms with van der Waals surface area (Å²) in [6, 6.07) is 13.0. The van der Waals surface area contributed by atoms with Crippen LogP contribution in [0, 0.1) is 13.8 Å². The fraction of sp³-hybridized carbons (Fsp3) is 0.250. The Morgan fingerprint density at radius 3 is 2.38 bits per heavy atom. The molecule has 0 amide bonds. The minimum atomic E-state index is -3.37. The minimum Gasteiger partial charge on any atom is -0.266 e. The van der Waals surface area contributed by atoms with E-state index < -0.39 is 10.0 Å². The fourth-order valence-electron chi connectivity index (χ4n) is 2.27. The first-order chi connectivity index (χ1) is 9.77. The van der Waals surface area contributed by atoms with Crippen LogP contribution in [0.2, 0.25) is 5.02 Å². The lowest BCUT2D eigenvalue weighted by Crippen LogP contribution is -2.29. The van der Waals surface area contributed by atoms with E-state index in [2.05, 4.69) is 0 Å². The Balaban J connectivity index is 2.45. The molecule has 21 heavy (non-hydrogen) atoms. The highest BCUT2D eigenvalue weighted by molar-refractivity contribution is 7.92. The molecule has 0 aliphatic heterocycles. The maximum absolute atomic E-state index is 12.2. The van der Waals surface area contributed by atoms with Gasteiger partial charge in [0, 0.05) is 5.02 Å². The van der Waals surface area contributed by atoms with E-state index >= 15 is 0 Å². The lowest BCUT2D eigenvalue weighted by molar-refractivity contribution is 0.596. The normalized spacial score (nSPS) is 11.4. The molecule has 5 heteroatoms. The van der Waals surface area contributed by atoms with Gasteiger partial charge in [-0.1, -0.05) is 41.4 Å². The number of rotatable bonds is 4. The molecule has 0 radical (unpaired) electrons. The van der Waals surface area contributed by atoms with Gasteiger partial charge in [-0.15, -0.1) is 0 Å². The van der Waals surface area contributed by atoms with Crippen LogP contribution in [-0.2, 0) is 16.6 Å². The monoisotopic (exact) mass is 323 g/mol. The van der Waals surface area contributed by atoms with Crippen molar-refractivity contribution in [3.8, 4) is 0 Å². The number of benzene rings is 2. The summed E-state index contributed by atoms with van der Waals surface area (Å²) in [5.74, 6) is 0. The van der Waals surface area contributed by atoms with E-state index in [0.717, 1.165) is 16.7 Å². The largest absolute Gasteiger partial charge is 0.266 e. The zero-order valence-corrected chi connectivity index (χ0v) is 13.9. The van der Waals surface area contributed by atoms with E-state index in [1.807, 2.05) is 44.2 Å². The van der Waals surface area contributed by atoms with Crippen molar-refractivity contribution >= 4 is 27.3 Å². The average Bonchev–Trinajstić information content (AvgIpc) is 2.35. The fourth-order valence-corrected chi connectivity index (χ4v) is 3.43. The highest BCUT2D eigenvalue weighted by Crippen LogP contribution is 2.26. The molecule has 0 N–H and O–H groups in total. The van der Waals surface area contributed by atoms with Crippen molar-refractivity contribution in [2.45, 2.75) is 20.4 Å². The SMILES string of the molecule is Cc1ccc(N(Cc2cccc(Cl)c2)S(C)(=O)=O)c(C)c1. The second kappa shape index (κ2) is 6.08. The van der Waals surface area contributed by atoms with Gasteiger partial charge < -0.3 is 0 Å². The molecule has 0 fully saturated rings. The van der Waals surface area contributed by atoms with Gasteiger partial charge in [0.2, 0.25) is 10.0 Å². The zero-order chi connectivity index (χ0) is 15.6.